The van der Waals surface area contributed by atoms with Crippen LogP contribution in [-0.2, 0) is 4.74 Å². The largest absolute Gasteiger partial charge is 0.461 e. The van der Waals surface area contributed by atoms with E-state index in [4.69, 9.17) is 11.1 Å². The Kier molecular flexibility index (Phi) is 3.59. The van der Waals surface area contributed by atoms with Crippen LogP contribution in [0.25, 0.3) is 0 Å². The monoisotopic (exact) mass is 243 g/mol. The average molecular weight is 243 g/mol. The highest BCUT2D eigenvalue weighted by Crippen LogP contribution is 2.13. The lowest BCUT2D eigenvalue weighted by Gasteiger charge is -2.00. The zero-order valence-electron chi connectivity index (χ0n) is 8.74. The molecule has 0 fully saturated rings. The van der Waals surface area contributed by atoms with E-state index in [9.17, 15) is 14.9 Å². The quantitative estimate of drug-likeness (QED) is 0.235. The zero-order valence-corrected chi connectivity index (χ0v) is 8.74. The molecule has 0 spiro atoms. The molecule has 17 heavy (non-hydrogen) atoms. The van der Waals surface area contributed by atoms with Crippen LogP contribution in [0.1, 0.15) is 17.4 Å². The van der Waals surface area contributed by atoms with Gasteiger partial charge in [-0.05, 0) is 6.92 Å². The minimum absolute atomic E-state index is 0.122. The van der Waals surface area contributed by atoms with Crippen LogP contribution >= 0.6 is 0 Å². The van der Waals surface area contributed by atoms with Crippen LogP contribution in [0, 0.1) is 15.5 Å². The Hall–Kier alpha value is -2.65. The van der Waals surface area contributed by atoms with Crippen LogP contribution in [0.2, 0.25) is 0 Å². The Morgan fingerprint density at radius 1 is 1.76 bits per heavy atom. The fourth-order valence-electron chi connectivity index (χ4n) is 0.983. The second-order valence-corrected chi connectivity index (χ2v) is 2.70. The fraction of sp³-hybridized carbons (Fsp3) is 0.286. The van der Waals surface area contributed by atoms with E-state index < -0.39 is 22.9 Å². The fourth-order valence-corrected chi connectivity index (χ4v) is 0.983. The first kappa shape index (κ1) is 12.4. The number of rotatable bonds is 4. The van der Waals surface area contributed by atoms with Crippen molar-refractivity contribution in [1.82, 2.24) is 9.78 Å². The molecule has 0 saturated carbocycles. The van der Waals surface area contributed by atoms with Crippen LogP contribution < -0.4 is 10.6 Å². The van der Waals surface area contributed by atoms with E-state index in [2.05, 4.69) is 14.7 Å². The Balaban J connectivity index is 3.07. The third kappa shape index (κ3) is 2.90. The summed E-state index contributed by atoms with van der Waals surface area (Å²) in [6.45, 7) is 1.71. The van der Waals surface area contributed by atoms with Crippen molar-refractivity contribution in [1.29, 1.82) is 5.41 Å². The topological polar surface area (TPSA) is 146 Å². The number of ether oxygens (including phenoxy) is 1. The Morgan fingerprint density at radius 3 is 2.88 bits per heavy atom. The highest BCUT2D eigenvalue weighted by atomic mass is 17.0. The number of hydrogen-bond acceptors (Lipinski definition) is 7. The minimum Gasteiger partial charge on any atom is -0.461 e. The van der Waals surface area contributed by atoms with Gasteiger partial charge in [0, 0.05) is 6.07 Å². The second kappa shape index (κ2) is 4.92. The van der Waals surface area contributed by atoms with Crippen molar-refractivity contribution < 1.29 is 19.5 Å². The van der Waals surface area contributed by atoms with Crippen LogP contribution in [0.4, 0.5) is 0 Å². The van der Waals surface area contributed by atoms with Gasteiger partial charge < -0.3 is 10.5 Å². The molecule has 0 radical (unpaired) electrons. The molecule has 1 heterocycles. The smallest absolute Gasteiger partial charge is 0.358 e. The number of nitrogens with zero attached hydrogens (tertiary/aromatic N) is 3. The number of esters is 1. The second-order valence-electron chi connectivity index (χ2n) is 2.70. The van der Waals surface area contributed by atoms with Gasteiger partial charge in [-0.25, -0.2) is 4.79 Å². The number of hydrogen-bond donors (Lipinski definition) is 2. The first-order valence-corrected chi connectivity index (χ1v) is 4.39. The van der Waals surface area contributed by atoms with E-state index in [1.165, 1.54) is 0 Å². The van der Waals surface area contributed by atoms with Gasteiger partial charge in [0.05, 0.1) is 6.61 Å². The van der Waals surface area contributed by atoms with E-state index >= 15 is 0 Å². The van der Waals surface area contributed by atoms with Crippen molar-refractivity contribution in [2.75, 3.05) is 6.61 Å². The van der Waals surface area contributed by atoms with Gasteiger partial charge in [-0.3, -0.25) is 10.2 Å². The van der Waals surface area contributed by atoms with Gasteiger partial charge in [-0.2, -0.15) is 9.78 Å². The van der Waals surface area contributed by atoms with E-state index in [1.54, 1.807) is 6.92 Å². The van der Waals surface area contributed by atoms with Crippen molar-refractivity contribution in [2.24, 2.45) is 5.73 Å². The molecule has 0 aliphatic rings. The summed E-state index contributed by atoms with van der Waals surface area (Å²) in [5.41, 5.74) is 4.87. The molecule has 10 nitrogen and oxygen atoms in total. The van der Waals surface area contributed by atoms with Crippen molar-refractivity contribution in [2.45, 2.75) is 6.92 Å². The van der Waals surface area contributed by atoms with Crippen LogP contribution in [0.15, 0.2) is 6.07 Å². The van der Waals surface area contributed by atoms with Gasteiger partial charge in [0.2, 0.25) is 11.8 Å². The maximum Gasteiger partial charge on any atom is 0.358 e. The highest BCUT2D eigenvalue weighted by Gasteiger charge is 2.18. The molecular formula is C7H9N5O5. The van der Waals surface area contributed by atoms with E-state index in [0.29, 0.717) is 4.68 Å². The van der Waals surface area contributed by atoms with E-state index in [1.807, 2.05) is 0 Å². The Morgan fingerprint density at radius 2 is 2.41 bits per heavy atom. The van der Waals surface area contributed by atoms with Crippen LogP contribution in [0.3, 0.4) is 0 Å². The molecule has 1 aromatic heterocycles. The highest BCUT2D eigenvalue weighted by molar-refractivity contribution is 5.89. The molecule has 1 aromatic rings. The molecule has 92 valence electrons. The zero-order chi connectivity index (χ0) is 13.0. The van der Waals surface area contributed by atoms with Gasteiger partial charge in [0.25, 0.3) is 0 Å². The minimum atomic E-state index is -1.11. The van der Waals surface area contributed by atoms with Crippen molar-refractivity contribution >= 4 is 11.9 Å². The first-order valence-electron chi connectivity index (χ1n) is 4.39. The summed E-state index contributed by atoms with van der Waals surface area (Å²) in [6.07, 6.45) is 0. The Labute approximate surface area is 94.5 Å². The number of carbonyl (C=O) groups excluding carboxylic acids is 1. The summed E-state index contributed by atoms with van der Waals surface area (Å²) in [6, 6.07) is 0.961. The van der Waals surface area contributed by atoms with Crippen LogP contribution in [-0.4, -0.2) is 33.4 Å². The maximum atomic E-state index is 11.3. The standard InChI is InChI=1S/C7H9N5O5/c1-2-16-6(13)4-3-5(17-12(14)15)11(10-4)7(8)9/h3H,2H2,1H3,(H3,8,9). The van der Waals surface area contributed by atoms with Crippen molar-refractivity contribution in [3.63, 3.8) is 0 Å². The lowest BCUT2D eigenvalue weighted by molar-refractivity contribution is -0.712. The van der Waals surface area contributed by atoms with E-state index in [-0.39, 0.29) is 12.3 Å². The number of carbonyl (C=O) groups is 1. The summed E-state index contributed by atoms with van der Waals surface area (Å²) < 4.78 is 5.24. The molecular weight excluding hydrogens is 234 g/mol. The van der Waals surface area contributed by atoms with Crippen molar-refractivity contribution in [3.8, 4) is 5.88 Å². The number of aromatic nitrogens is 2. The maximum absolute atomic E-state index is 11.3. The summed E-state index contributed by atoms with van der Waals surface area (Å²) in [4.78, 5) is 25.6. The van der Waals surface area contributed by atoms with Gasteiger partial charge >= 0.3 is 11.1 Å². The molecule has 0 saturated heterocycles. The molecule has 0 aliphatic carbocycles. The number of nitrogens with two attached hydrogens (primary N) is 1. The summed E-state index contributed by atoms with van der Waals surface area (Å²) in [5.74, 6) is -1.87. The molecule has 3 N–H and O–H groups in total. The molecule has 0 bridgehead atoms. The van der Waals surface area contributed by atoms with Crippen LogP contribution in [0.5, 0.6) is 5.88 Å². The third-order valence-corrected chi connectivity index (χ3v) is 1.56. The number of nitrogens with one attached hydrogen (secondary N) is 1. The molecule has 1 rings (SSSR count). The lowest BCUT2D eigenvalue weighted by Crippen LogP contribution is -2.24. The third-order valence-electron chi connectivity index (χ3n) is 1.56. The molecule has 0 aromatic carbocycles. The molecule has 0 aliphatic heterocycles. The van der Waals surface area contributed by atoms with Gasteiger partial charge in [-0.15, -0.1) is 10.1 Å². The predicted molar refractivity (Wildman–Crippen MR) is 53.1 cm³/mol. The predicted octanol–water partition coefficient (Wildman–Crippen LogP) is -0.628. The molecule has 0 amide bonds. The summed E-state index contributed by atoms with van der Waals surface area (Å²) >= 11 is 0. The Bertz CT molecular complexity index is 467. The van der Waals surface area contributed by atoms with Crippen molar-refractivity contribution in [3.05, 3.63) is 21.9 Å². The summed E-state index contributed by atoms with van der Waals surface area (Å²) in [5, 5.41) is 19.7. The first-order chi connectivity index (χ1) is 7.95. The average Bonchev–Trinajstić information content (AvgIpc) is 2.61. The lowest BCUT2D eigenvalue weighted by atomic mass is 10.4. The number of nitrogen functional groups attached to an aromatic ring is 1. The SMILES string of the molecule is CCOC(=O)c1cc(O[N+](=O)[O-])n(C(=N)N)n1. The normalized spacial score (nSPS) is 9.71. The molecule has 0 unspecified atom stereocenters. The van der Waals surface area contributed by atoms with Gasteiger partial charge in [0.15, 0.2) is 5.69 Å². The van der Waals surface area contributed by atoms with Gasteiger partial charge in [0.1, 0.15) is 0 Å². The molecule has 0 atom stereocenters. The summed E-state index contributed by atoms with van der Waals surface area (Å²) in [7, 11) is 0. The van der Waals surface area contributed by atoms with Gasteiger partial charge in [-0.1, -0.05) is 0 Å². The molecule has 10 heteroatoms. The van der Waals surface area contributed by atoms with E-state index in [0.717, 1.165) is 6.07 Å².